The maximum Gasteiger partial charge on any atom is 2.00 e. The van der Waals surface area contributed by atoms with Crippen molar-refractivity contribution in [2.24, 2.45) is 0 Å². The van der Waals surface area contributed by atoms with Gasteiger partial charge in [-0.3, -0.25) is 0 Å². The molecule has 70 heavy (non-hydrogen) atoms. The fraction of sp³-hybridized carbons (Fsp3) is 0.206. The predicted octanol–water partition coefficient (Wildman–Crippen LogP) is 18.6. The Morgan fingerprint density at radius 1 is 0.314 bits per heavy atom. The van der Waals surface area contributed by atoms with Gasteiger partial charge in [0.25, 0.3) is 0 Å². The third-order valence-electron chi connectivity index (χ3n) is 13.1. The van der Waals surface area contributed by atoms with Crippen molar-refractivity contribution in [3.8, 4) is 44.5 Å². The molecule has 10 aromatic rings. The molecule has 0 spiro atoms. The van der Waals surface area contributed by atoms with Crippen LogP contribution >= 0.6 is 0 Å². The molecule has 2 radical (unpaired) electrons. The summed E-state index contributed by atoms with van der Waals surface area (Å²) in [4.78, 5) is 0. The molecule has 0 saturated heterocycles. The van der Waals surface area contributed by atoms with Crippen LogP contribution in [0.15, 0.2) is 182 Å². The molecule has 0 unspecified atom stereocenters. The van der Waals surface area contributed by atoms with Crippen LogP contribution in [0.1, 0.15) is 66.8 Å². The van der Waals surface area contributed by atoms with Crippen LogP contribution in [-0.4, -0.2) is 9.52 Å². The molecule has 0 amide bonds. The molecule has 2 heteroatoms. The quantitative estimate of drug-likeness (QED) is 0.0946. The Kier molecular flexibility index (Phi) is 17.6. The van der Waals surface area contributed by atoms with Gasteiger partial charge in [-0.25, -0.2) is 0 Å². The first-order chi connectivity index (χ1) is 33.3. The molecule has 0 aliphatic heterocycles. The van der Waals surface area contributed by atoms with E-state index in [4.69, 9.17) is 0 Å². The van der Waals surface area contributed by atoms with E-state index in [2.05, 4.69) is 250 Å². The Morgan fingerprint density at radius 2 is 0.571 bits per heavy atom. The van der Waals surface area contributed by atoms with E-state index in [9.17, 15) is 0 Å². The van der Waals surface area contributed by atoms with E-state index in [1.165, 1.54) is 133 Å². The van der Waals surface area contributed by atoms with Crippen molar-refractivity contribution in [1.29, 1.82) is 0 Å². The van der Waals surface area contributed by atoms with Gasteiger partial charge in [-0.15, -0.1) is 44.8 Å². The van der Waals surface area contributed by atoms with Crippen molar-refractivity contribution >= 4 is 31.1 Å². The Morgan fingerprint density at radius 3 is 0.857 bits per heavy atom. The van der Waals surface area contributed by atoms with E-state index in [0.29, 0.717) is 0 Å². The minimum Gasteiger partial charge on any atom is -0.164 e. The van der Waals surface area contributed by atoms with Crippen LogP contribution in [0.3, 0.4) is 0 Å². The van der Waals surface area contributed by atoms with E-state index >= 15 is 0 Å². The monoisotopic (exact) mass is 1000 g/mol. The molecule has 0 saturated carbocycles. The second-order valence-electron chi connectivity index (χ2n) is 19.7. The fourth-order valence-electron chi connectivity index (χ4n) is 10.4. The van der Waals surface area contributed by atoms with Gasteiger partial charge in [0.05, 0.1) is 0 Å². The van der Waals surface area contributed by atoms with Crippen molar-refractivity contribution in [3.63, 3.8) is 0 Å². The average molecular weight is 1000 g/mol. The van der Waals surface area contributed by atoms with Crippen LogP contribution in [0, 0.1) is 55.4 Å². The maximum absolute atomic E-state index is 2.43. The second kappa shape index (κ2) is 23.8. The Balaban J connectivity index is 0.000000193. The van der Waals surface area contributed by atoms with E-state index in [1.54, 1.807) is 0 Å². The van der Waals surface area contributed by atoms with E-state index in [1.807, 2.05) is 0 Å². The summed E-state index contributed by atoms with van der Waals surface area (Å²) >= 11 is 0. The molecular formula is C68H68SiZr. The number of hydrogen-bond donors (Lipinski definition) is 0. The smallest absolute Gasteiger partial charge is 0.164 e. The Hall–Kier alpha value is -5.92. The van der Waals surface area contributed by atoms with Crippen LogP contribution in [0.5, 0.6) is 0 Å². The van der Waals surface area contributed by atoms with Crippen molar-refractivity contribution in [2.45, 2.75) is 94.2 Å². The first-order valence-corrected chi connectivity index (χ1v) is 26.8. The van der Waals surface area contributed by atoms with E-state index < -0.39 is 0 Å². The largest absolute Gasteiger partial charge is 2.00 e. The molecule has 10 aromatic carbocycles. The zero-order valence-electron chi connectivity index (χ0n) is 43.1. The van der Waals surface area contributed by atoms with Crippen LogP contribution in [0.4, 0.5) is 0 Å². The third kappa shape index (κ3) is 12.9. The normalized spacial score (nSPS) is 10.9. The average Bonchev–Trinajstić information content (AvgIpc) is 3.95. The molecule has 0 aromatic heterocycles. The minimum atomic E-state index is 0. The maximum atomic E-state index is 2.43. The van der Waals surface area contributed by atoms with Crippen molar-refractivity contribution in [3.05, 3.63) is 249 Å². The van der Waals surface area contributed by atoms with Crippen LogP contribution in [0.25, 0.3) is 66.1 Å². The molecule has 10 rings (SSSR count). The molecule has 348 valence electrons. The third-order valence-corrected chi connectivity index (χ3v) is 13.1. The Labute approximate surface area is 441 Å². The molecule has 0 heterocycles. The summed E-state index contributed by atoms with van der Waals surface area (Å²) in [7, 11) is 1.08. The van der Waals surface area contributed by atoms with Crippen molar-refractivity contribution < 1.29 is 26.2 Å². The van der Waals surface area contributed by atoms with Crippen LogP contribution in [-0.2, 0) is 51.9 Å². The molecule has 0 N–H and O–H groups in total. The van der Waals surface area contributed by atoms with Gasteiger partial charge in [0.15, 0.2) is 0 Å². The molecule has 0 atom stereocenters. The Bertz CT molecular complexity index is 2860. The van der Waals surface area contributed by atoms with E-state index in [-0.39, 0.29) is 26.2 Å². The van der Waals surface area contributed by atoms with Gasteiger partial charge in [-0.05, 0) is 103 Å². The van der Waals surface area contributed by atoms with Gasteiger partial charge in [0.2, 0.25) is 0 Å². The van der Waals surface area contributed by atoms with Crippen LogP contribution in [0.2, 0.25) is 13.1 Å². The number of benzene rings is 8. The number of aryl methyl sites for hydroxylation is 12. The van der Waals surface area contributed by atoms with Gasteiger partial charge >= 0.3 is 26.2 Å². The molecule has 0 aliphatic rings. The van der Waals surface area contributed by atoms with Gasteiger partial charge in [0, 0.05) is 9.52 Å². The van der Waals surface area contributed by atoms with Gasteiger partial charge in [-0.2, -0.15) is 12.1 Å². The molecule has 0 fully saturated rings. The standard InChI is InChI=1S/2C33H31.C2H6Si.Zr/c2*1-22-14-23(2)17-28(16-22)30-12-13-31(29-18-24(3)15-25(4)19-29)33-21-27(20-32(30)33)11-10-26-8-6-5-7-9-26;1-3-2;/h2*5-9,12-21H,10-11H2,1-4H3;1-2H3;/q2*-1;;+2. The first kappa shape index (κ1) is 51.9. The number of hydrogen-bond acceptors (Lipinski definition) is 0. The zero-order chi connectivity index (χ0) is 48.6. The SMILES string of the molecule is C[Si]C.Cc1cc(C)cc(-c2ccc(-c3cc(C)cc(C)c3)c3[cH-]c(CCc4ccccc4)cc23)c1.Cc1cc(C)cc(-c2ccc(-c3cc(C)cc(C)c3)c3[cH-]c(CCc4ccccc4)cc23)c1.[Zr+2]. The van der Waals surface area contributed by atoms with Crippen LogP contribution < -0.4 is 0 Å². The topological polar surface area (TPSA) is 0 Å². The van der Waals surface area contributed by atoms with E-state index in [0.717, 1.165) is 35.2 Å². The number of rotatable bonds is 10. The predicted molar refractivity (Wildman–Crippen MR) is 304 cm³/mol. The summed E-state index contributed by atoms with van der Waals surface area (Å²) in [6.45, 7) is 21.8. The molecule has 0 aliphatic carbocycles. The second-order valence-corrected chi connectivity index (χ2v) is 20.7. The van der Waals surface area contributed by atoms with Gasteiger partial charge < -0.3 is 0 Å². The summed E-state index contributed by atoms with van der Waals surface area (Å²) in [5.41, 5.74) is 26.7. The molecule has 0 nitrogen and oxygen atoms in total. The molecular weight excluding hydrogens is 936 g/mol. The fourth-order valence-corrected chi connectivity index (χ4v) is 10.4. The zero-order valence-corrected chi connectivity index (χ0v) is 46.6. The number of fused-ring (bicyclic) bond motifs is 2. The summed E-state index contributed by atoms with van der Waals surface area (Å²) < 4.78 is 0. The minimum absolute atomic E-state index is 0. The van der Waals surface area contributed by atoms with Crippen molar-refractivity contribution in [1.82, 2.24) is 0 Å². The summed E-state index contributed by atoms with van der Waals surface area (Å²) in [6.07, 6.45) is 4.23. The summed E-state index contributed by atoms with van der Waals surface area (Å²) in [5, 5.41) is 5.44. The molecule has 0 bridgehead atoms. The first-order valence-electron chi connectivity index (χ1n) is 24.8. The summed E-state index contributed by atoms with van der Waals surface area (Å²) in [6, 6.07) is 68.1. The van der Waals surface area contributed by atoms with Gasteiger partial charge in [0.1, 0.15) is 0 Å². The van der Waals surface area contributed by atoms with Crippen molar-refractivity contribution in [2.75, 3.05) is 0 Å². The summed E-state index contributed by atoms with van der Waals surface area (Å²) in [5.74, 6) is 0. The van der Waals surface area contributed by atoms with Gasteiger partial charge in [-0.1, -0.05) is 249 Å².